The predicted molar refractivity (Wildman–Crippen MR) is 61.5 cm³/mol. The molecule has 0 radical (unpaired) electrons. The van der Waals surface area contributed by atoms with Gasteiger partial charge in [0.2, 0.25) is 0 Å². The van der Waals surface area contributed by atoms with E-state index in [-0.39, 0.29) is 6.61 Å². The minimum Gasteiger partial charge on any atom is -0.450 e. The molecule has 0 unspecified atom stereocenters. The molecule has 1 amide bonds. The second-order valence-corrected chi connectivity index (χ2v) is 4.83. The molecule has 0 fully saturated rings. The third-order valence-corrected chi connectivity index (χ3v) is 1.97. The Hall–Kier alpha value is -0.530. The highest BCUT2D eigenvalue weighted by molar-refractivity contribution is 8.09. The van der Waals surface area contributed by atoms with Crippen molar-refractivity contribution in [3.63, 3.8) is 0 Å². The fourth-order valence-corrected chi connectivity index (χ4v) is 1.16. The molecule has 0 saturated carbocycles. The topological polar surface area (TPSA) is 95.7 Å². The average molecular weight is 276 g/mol. The summed E-state index contributed by atoms with van der Waals surface area (Å²) in [5.41, 5.74) is 4.54. The van der Waals surface area contributed by atoms with Crippen LogP contribution in [0, 0.1) is 0 Å². The van der Waals surface area contributed by atoms with Gasteiger partial charge in [-0.05, 0) is 13.3 Å². The number of nitrogens with two attached hydrogens (primary N) is 1. The lowest BCUT2D eigenvalue weighted by Gasteiger charge is -1.96. The number of ether oxygens (including phenoxy) is 1. The van der Waals surface area contributed by atoms with Gasteiger partial charge in [0.25, 0.3) is 0 Å². The Morgan fingerprint density at radius 2 is 1.88 bits per heavy atom. The van der Waals surface area contributed by atoms with Gasteiger partial charge in [-0.15, -0.1) is 0 Å². The van der Waals surface area contributed by atoms with Gasteiger partial charge in [0.15, 0.2) is 0 Å². The van der Waals surface area contributed by atoms with Crippen molar-refractivity contribution in [2.75, 3.05) is 13.2 Å². The van der Waals surface area contributed by atoms with E-state index in [1.54, 1.807) is 6.92 Å². The number of hydrogen-bond donors (Lipinski definition) is 1. The maximum atomic E-state index is 10.1. The van der Waals surface area contributed by atoms with Crippen molar-refractivity contribution >= 4 is 26.1 Å². The molecule has 0 aromatic rings. The minimum atomic E-state index is -3.73. The first-order valence-corrected chi connectivity index (χ1v) is 7.08. The fourth-order valence-electron chi connectivity index (χ4n) is 0.653. The van der Waals surface area contributed by atoms with Crippen molar-refractivity contribution in [1.82, 2.24) is 0 Å². The van der Waals surface area contributed by atoms with Gasteiger partial charge in [-0.3, -0.25) is 4.18 Å². The van der Waals surface area contributed by atoms with E-state index in [1.807, 2.05) is 6.92 Å². The zero-order valence-corrected chi connectivity index (χ0v) is 11.0. The molecule has 0 aliphatic heterocycles. The second-order valence-electron chi connectivity index (χ2n) is 2.67. The molecule has 0 aromatic heterocycles. The molecule has 2 N–H and O–H groups in total. The molecular formula is C8H18ClNO5S. The Morgan fingerprint density at radius 3 is 2.12 bits per heavy atom. The quantitative estimate of drug-likeness (QED) is 0.589. The van der Waals surface area contributed by atoms with Crippen LogP contribution >= 0.6 is 10.7 Å². The van der Waals surface area contributed by atoms with Crippen molar-refractivity contribution in [2.45, 2.75) is 33.1 Å². The van der Waals surface area contributed by atoms with Gasteiger partial charge < -0.3 is 10.5 Å². The lowest BCUT2D eigenvalue weighted by atomic mass is 10.3. The standard InChI is InChI=1S/C5H11ClO3S.C3H7NO2/c1-2-3-4-5-9-10(6,7)8;1-2-6-3(4)5/h2-5H2,1H3;2H2,1H3,(H2,4,5). The number of hydrogen-bond acceptors (Lipinski definition) is 5. The minimum absolute atomic E-state index is 0.194. The van der Waals surface area contributed by atoms with Crippen LogP contribution in [-0.2, 0) is 18.3 Å². The summed E-state index contributed by atoms with van der Waals surface area (Å²) in [7, 11) is 1.03. The third-order valence-electron chi connectivity index (χ3n) is 1.26. The summed E-state index contributed by atoms with van der Waals surface area (Å²) < 4.78 is 28.7. The zero-order chi connectivity index (χ0) is 13.0. The maximum Gasteiger partial charge on any atom is 0.404 e. The Labute approximate surface area is 101 Å². The largest absolute Gasteiger partial charge is 0.450 e. The lowest BCUT2D eigenvalue weighted by Crippen LogP contribution is -2.11. The molecule has 16 heavy (non-hydrogen) atoms. The summed E-state index contributed by atoms with van der Waals surface area (Å²) >= 11 is 0. The molecule has 8 heteroatoms. The molecule has 0 atom stereocenters. The van der Waals surface area contributed by atoms with Crippen LogP contribution in [0.2, 0.25) is 0 Å². The van der Waals surface area contributed by atoms with E-state index in [1.165, 1.54) is 0 Å². The van der Waals surface area contributed by atoms with E-state index >= 15 is 0 Å². The fraction of sp³-hybridized carbons (Fsp3) is 0.875. The molecule has 0 heterocycles. The van der Waals surface area contributed by atoms with Gasteiger partial charge in [-0.2, -0.15) is 8.42 Å². The molecule has 0 rings (SSSR count). The van der Waals surface area contributed by atoms with Crippen LogP contribution in [0.25, 0.3) is 0 Å². The van der Waals surface area contributed by atoms with Crippen LogP contribution in [0.15, 0.2) is 0 Å². The van der Waals surface area contributed by atoms with E-state index in [2.05, 4.69) is 14.7 Å². The summed E-state index contributed by atoms with van der Waals surface area (Å²) in [6.07, 6.45) is 2.03. The highest BCUT2D eigenvalue weighted by Crippen LogP contribution is 2.01. The van der Waals surface area contributed by atoms with Crippen molar-refractivity contribution < 1.29 is 22.1 Å². The highest BCUT2D eigenvalue weighted by atomic mass is 35.7. The van der Waals surface area contributed by atoms with E-state index in [9.17, 15) is 13.2 Å². The summed E-state index contributed by atoms with van der Waals surface area (Å²) in [6, 6.07) is 0. The summed E-state index contributed by atoms with van der Waals surface area (Å²) in [4.78, 5) is 9.60. The van der Waals surface area contributed by atoms with E-state index in [4.69, 9.17) is 10.7 Å². The van der Waals surface area contributed by atoms with Gasteiger partial charge in [0, 0.05) is 10.7 Å². The van der Waals surface area contributed by atoms with Gasteiger partial charge in [0.1, 0.15) is 0 Å². The number of carbonyl (C=O) groups excluding carboxylic acids is 1. The number of amides is 1. The van der Waals surface area contributed by atoms with Crippen LogP contribution in [0.5, 0.6) is 0 Å². The van der Waals surface area contributed by atoms with Crippen molar-refractivity contribution in [2.24, 2.45) is 5.73 Å². The average Bonchev–Trinajstić information content (AvgIpc) is 2.12. The number of halogens is 1. The van der Waals surface area contributed by atoms with Gasteiger partial charge in [-0.1, -0.05) is 19.8 Å². The van der Waals surface area contributed by atoms with Crippen molar-refractivity contribution in [3.8, 4) is 0 Å². The first-order chi connectivity index (χ1) is 7.33. The Morgan fingerprint density at radius 1 is 1.31 bits per heavy atom. The van der Waals surface area contributed by atoms with Crippen LogP contribution in [0.3, 0.4) is 0 Å². The van der Waals surface area contributed by atoms with E-state index in [0.717, 1.165) is 19.3 Å². The molecular weight excluding hydrogens is 258 g/mol. The Balaban J connectivity index is 0. The van der Waals surface area contributed by atoms with Gasteiger partial charge >= 0.3 is 15.4 Å². The lowest BCUT2D eigenvalue weighted by molar-refractivity contribution is 0.163. The smallest absolute Gasteiger partial charge is 0.404 e. The first-order valence-electron chi connectivity index (χ1n) is 4.84. The van der Waals surface area contributed by atoms with Gasteiger partial charge in [-0.25, -0.2) is 4.79 Å². The molecule has 0 aliphatic rings. The predicted octanol–water partition coefficient (Wildman–Crippen LogP) is 1.78. The van der Waals surface area contributed by atoms with Crippen LogP contribution in [0.4, 0.5) is 4.79 Å². The molecule has 0 saturated heterocycles. The SMILES string of the molecule is CCCCCOS(=O)(=O)Cl.CCOC(N)=O. The normalized spacial score (nSPS) is 10.2. The molecule has 0 aliphatic carbocycles. The third kappa shape index (κ3) is 23.4. The van der Waals surface area contributed by atoms with Crippen LogP contribution in [-0.4, -0.2) is 27.7 Å². The molecule has 0 spiro atoms. The summed E-state index contributed by atoms with van der Waals surface area (Å²) in [5, 5.41) is 0. The summed E-state index contributed by atoms with van der Waals surface area (Å²) in [5.74, 6) is 0. The number of primary amides is 1. The van der Waals surface area contributed by atoms with Crippen molar-refractivity contribution in [1.29, 1.82) is 0 Å². The van der Waals surface area contributed by atoms with E-state index in [0.29, 0.717) is 6.61 Å². The molecule has 0 aromatic carbocycles. The Kier molecular flexibility index (Phi) is 12.2. The zero-order valence-electron chi connectivity index (χ0n) is 9.44. The second kappa shape index (κ2) is 11.0. The van der Waals surface area contributed by atoms with Crippen LogP contribution in [0.1, 0.15) is 33.1 Å². The maximum absolute atomic E-state index is 10.1. The molecule has 98 valence electrons. The first kappa shape index (κ1) is 17.9. The number of carbonyl (C=O) groups is 1. The summed E-state index contributed by atoms with van der Waals surface area (Å²) in [6.45, 7) is 4.27. The monoisotopic (exact) mass is 275 g/mol. The highest BCUT2D eigenvalue weighted by Gasteiger charge is 2.02. The Bertz CT molecular complexity index is 268. The number of rotatable bonds is 6. The van der Waals surface area contributed by atoms with Gasteiger partial charge in [0.05, 0.1) is 13.2 Å². The van der Waals surface area contributed by atoms with E-state index < -0.39 is 15.4 Å². The van der Waals surface area contributed by atoms with Crippen LogP contribution < -0.4 is 5.73 Å². The molecule has 6 nitrogen and oxygen atoms in total. The molecule has 0 bridgehead atoms. The number of unbranched alkanes of at least 4 members (excludes halogenated alkanes) is 2. The van der Waals surface area contributed by atoms with Crippen molar-refractivity contribution in [3.05, 3.63) is 0 Å².